The van der Waals surface area contributed by atoms with Gasteiger partial charge in [0.25, 0.3) is 0 Å². The van der Waals surface area contributed by atoms with Crippen LogP contribution in [-0.2, 0) is 4.74 Å². The van der Waals surface area contributed by atoms with Crippen LogP contribution in [0.4, 0.5) is 11.6 Å². The Morgan fingerprint density at radius 3 is 2.82 bits per heavy atom. The molecular formula is C10H18N4O3. The minimum atomic E-state index is 0.0213. The second-order valence-electron chi connectivity index (χ2n) is 3.37. The van der Waals surface area contributed by atoms with Crippen molar-refractivity contribution in [2.45, 2.75) is 0 Å². The van der Waals surface area contributed by atoms with Crippen molar-refractivity contribution in [2.24, 2.45) is 0 Å². The standard InChI is InChI=1S/C10H18N4O3/c1-14(3-5-17-6-4-15)10-8(16-2)9(11)12-7-13-10/h7,15H,3-6H2,1-2H3,(H2,11,12,13). The third-order valence-electron chi connectivity index (χ3n) is 2.18. The van der Waals surface area contributed by atoms with Gasteiger partial charge in [0.05, 0.1) is 26.9 Å². The molecule has 96 valence electrons. The summed E-state index contributed by atoms with van der Waals surface area (Å²) in [5.74, 6) is 1.38. The van der Waals surface area contributed by atoms with E-state index in [9.17, 15) is 0 Å². The fourth-order valence-corrected chi connectivity index (χ4v) is 1.32. The van der Waals surface area contributed by atoms with Crippen LogP contribution in [0.2, 0.25) is 0 Å². The second kappa shape index (κ2) is 6.87. The molecule has 0 aliphatic rings. The number of likely N-dealkylation sites (N-methyl/N-ethyl adjacent to an activating group) is 1. The molecule has 0 atom stereocenters. The summed E-state index contributed by atoms with van der Waals surface area (Å²) in [6, 6.07) is 0. The molecule has 0 fully saturated rings. The van der Waals surface area contributed by atoms with Gasteiger partial charge in [0, 0.05) is 13.6 Å². The van der Waals surface area contributed by atoms with E-state index in [2.05, 4.69) is 9.97 Å². The average Bonchev–Trinajstić information content (AvgIpc) is 2.34. The van der Waals surface area contributed by atoms with Gasteiger partial charge < -0.3 is 25.2 Å². The lowest BCUT2D eigenvalue weighted by atomic mass is 10.4. The number of anilines is 2. The molecule has 0 saturated heterocycles. The Balaban J connectivity index is 2.61. The smallest absolute Gasteiger partial charge is 0.204 e. The number of hydrogen-bond acceptors (Lipinski definition) is 7. The summed E-state index contributed by atoms with van der Waals surface area (Å²) in [5, 5.41) is 8.57. The summed E-state index contributed by atoms with van der Waals surface area (Å²) in [5.41, 5.74) is 5.68. The van der Waals surface area contributed by atoms with Gasteiger partial charge in [0.15, 0.2) is 11.6 Å². The van der Waals surface area contributed by atoms with E-state index >= 15 is 0 Å². The molecule has 1 aromatic heterocycles. The molecule has 0 aliphatic heterocycles. The van der Waals surface area contributed by atoms with Gasteiger partial charge in [-0.25, -0.2) is 9.97 Å². The molecule has 1 rings (SSSR count). The second-order valence-corrected chi connectivity index (χ2v) is 3.37. The number of aliphatic hydroxyl groups excluding tert-OH is 1. The van der Waals surface area contributed by atoms with E-state index in [1.165, 1.54) is 13.4 Å². The highest BCUT2D eigenvalue weighted by molar-refractivity contribution is 5.62. The Hall–Kier alpha value is -1.60. The number of aliphatic hydroxyl groups is 1. The zero-order chi connectivity index (χ0) is 12.7. The number of hydrogen-bond donors (Lipinski definition) is 2. The summed E-state index contributed by atoms with van der Waals surface area (Å²) in [4.78, 5) is 9.82. The Labute approximate surface area is 100 Å². The molecule has 0 unspecified atom stereocenters. The van der Waals surface area contributed by atoms with Crippen molar-refractivity contribution in [3.8, 4) is 5.75 Å². The van der Waals surface area contributed by atoms with E-state index in [1.54, 1.807) is 0 Å². The van der Waals surface area contributed by atoms with E-state index in [1.807, 2.05) is 11.9 Å². The lowest BCUT2D eigenvalue weighted by Gasteiger charge is -2.20. The summed E-state index contributed by atoms with van der Waals surface area (Å²) in [6.07, 6.45) is 1.39. The van der Waals surface area contributed by atoms with Crippen molar-refractivity contribution in [2.75, 3.05) is 51.2 Å². The number of rotatable bonds is 7. The molecule has 7 nitrogen and oxygen atoms in total. The maximum Gasteiger partial charge on any atom is 0.204 e. The lowest BCUT2D eigenvalue weighted by molar-refractivity contribution is 0.0970. The SMILES string of the molecule is COc1c(N)ncnc1N(C)CCOCCO. The molecule has 0 saturated carbocycles. The van der Waals surface area contributed by atoms with E-state index in [0.29, 0.717) is 37.1 Å². The number of ether oxygens (including phenoxy) is 2. The molecule has 0 spiro atoms. The van der Waals surface area contributed by atoms with Gasteiger partial charge in [-0.15, -0.1) is 0 Å². The van der Waals surface area contributed by atoms with Crippen molar-refractivity contribution in [1.82, 2.24) is 9.97 Å². The zero-order valence-electron chi connectivity index (χ0n) is 10.1. The first-order chi connectivity index (χ1) is 8.20. The minimum absolute atomic E-state index is 0.0213. The van der Waals surface area contributed by atoms with Gasteiger partial charge in [0.2, 0.25) is 5.75 Å². The summed E-state index contributed by atoms with van der Waals surface area (Å²) in [6.45, 7) is 1.46. The van der Waals surface area contributed by atoms with Crippen molar-refractivity contribution < 1.29 is 14.6 Å². The van der Waals surface area contributed by atoms with Crippen LogP contribution in [0.15, 0.2) is 6.33 Å². The van der Waals surface area contributed by atoms with Crippen LogP contribution in [0.1, 0.15) is 0 Å². The van der Waals surface area contributed by atoms with Crippen LogP contribution in [0, 0.1) is 0 Å². The topological polar surface area (TPSA) is 93.7 Å². The fraction of sp³-hybridized carbons (Fsp3) is 0.600. The van der Waals surface area contributed by atoms with Gasteiger partial charge in [-0.3, -0.25) is 0 Å². The van der Waals surface area contributed by atoms with Crippen molar-refractivity contribution in [3.63, 3.8) is 0 Å². The highest BCUT2D eigenvalue weighted by atomic mass is 16.5. The lowest BCUT2D eigenvalue weighted by Crippen LogP contribution is -2.25. The molecule has 0 aromatic carbocycles. The third-order valence-corrected chi connectivity index (χ3v) is 2.18. The van der Waals surface area contributed by atoms with Gasteiger partial charge in [-0.05, 0) is 0 Å². The third kappa shape index (κ3) is 3.72. The minimum Gasteiger partial charge on any atom is -0.490 e. The predicted molar refractivity (Wildman–Crippen MR) is 64.2 cm³/mol. The van der Waals surface area contributed by atoms with E-state index < -0.39 is 0 Å². The van der Waals surface area contributed by atoms with E-state index in [0.717, 1.165) is 0 Å². The van der Waals surface area contributed by atoms with E-state index in [4.69, 9.17) is 20.3 Å². The summed E-state index contributed by atoms with van der Waals surface area (Å²) < 4.78 is 10.3. The molecule has 0 radical (unpaired) electrons. The fourth-order valence-electron chi connectivity index (χ4n) is 1.32. The van der Waals surface area contributed by atoms with Crippen LogP contribution in [-0.4, -0.2) is 55.6 Å². The van der Waals surface area contributed by atoms with Crippen LogP contribution in [0.5, 0.6) is 5.75 Å². The van der Waals surface area contributed by atoms with Crippen molar-refractivity contribution in [3.05, 3.63) is 6.33 Å². The van der Waals surface area contributed by atoms with Gasteiger partial charge in [-0.1, -0.05) is 0 Å². The van der Waals surface area contributed by atoms with Crippen LogP contribution < -0.4 is 15.4 Å². The van der Waals surface area contributed by atoms with Gasteiger partial charge in [-0.2, -0.15) is 0 Å². The average molecular weight is 242 g/mol. The molecule has 1 heterocycles. The molecular weight excluding hydrogens is 224 g/mol. The highest BCUT2D eigenvalue weighted by Gasteiger charge is 2.13. The van der Waals surface area contributed by atoms with Crippen LogP contribution in [0.3, 0.4) is 0 Å². The van der Waals surface area contributed by atoms with E-state index in [-0.39, 0.29) is 6.61 Å². The Kier molecular flexibility index (Phi) is 5.44. The first-order valence-electron chi connectivity index (χ1n) is 5.25. The molecule has 17 heavy (non-hydrogen) atoms. The van der Waals surface area contributed by atoms with Crippen LogP contribution in [0.25, 0.3) is 0 Å². The maximum atomic E-state index is 8.57. The van der Waals surface area contributed by atoms with Crippen molar-refractivity contribution >= 4 is 11.6 Å². The number of nitrogen functional groups attached to an aromatic ring is 1. The number of aromatic nitrogens is 2. The largest absolute Gasteiger partial charge is 0.490 e. The summed E-state index contributed by atoms with van der Waals surface area (Å²) >= 11 is 0. The summed E-state index contributed by atoms with van der Waals surface area (Å²) in [7, 11) is 3.38. The number of nitrogens with two attached hydrogens (primary N) is 1. The first-order valence-corrected chi connectivity index (χ1v) is 5.25. The molecule has 0 amide bonds. The predicted octanol–water partition coefficient (Wildman–Crippen LogP) is -0.487. The van der Waals surface area contributed by atoms with Crippen molar-refractivity contribution in [1.29, 1.82) is 0 Å². The molecule has 0 aliphatic carbocycles. The maximum absolute atomic E-state index is 8.57. The molecule has 1 aromatic rings. The Morgan fingerprint density at radius 1 is 1.41 bits per heavy atom. The van der Waals surface area contributed by atoms with Gasteiger partial charge in [0.1, 0.15) is 6.33 Å². The first kappa shape index (κ1) is 13.5. The zero-order valence-corrected chi connectivity index (χ0v) is 10.1. The Bertz CT molecular complexity index is 348. The van der Waals surface area contributed by atoms with Gasteiger partial charge >= 0.3 is 0 Å². The normalized spacial score (nSPS) is 10.3. The molecule has 7 heteroatoms. The molecule has 0 bridgehead atoms. The van der Waals surface area contributed by atoms with Crippen LogP contribution >= 0.6 is 0 Å². The highest BCUT2D eigenvalue weighted by Crippen LogP contribution is 2.28. The Morgan fingerprint density at radius 2 is 2.18 bits per heavy atom. The number of methoxy groups -OCH3 is 1. The quantitative estimate of drug-likeness (QED) is 0.623. The number of nitrogens with zero attached hydrogens (tertiary/aromatic N) is 3. The molecule has 3 N–H and O–H groups in total. The monoisotopic (exact) mass is 242 g/mol.